The third-order valence-corrected chi connectivity index (χ3v) is 3.50. The van der Waals surface area contributed by atoms with Gasteiger partial charge in [0, 0.05) is 0 Å². The lowest BCUT2D eigenvalue weighted by Gasteiger charge is -2.16. The number of rotatable bonds is 5. The molecule has 0 spiro atoms. The van der Waals surface area contributed by atoms with Gasteiger partial charge in [0.15, 0.2) is 11.6 Å². The van der Waals surface area contributed by atoms with Gasteiger partial charge in [0.2, 0.25) is 0 Å². The lowest BCUT2D eigenvalue weighted by molar-refractivity contribution is -0.0499. The molecule has 1 N–H and O–H groups in total. The van der Waals surface area contributed by atoms with Crippen LogP contribution in [0.15, 0.2) is 36.4 Å². The van der Waals surface area contributed by atoms with E-state index in [2.05, 4.69) is 10.1 Å². The maximum Gasteiger partial charge on any atom is 0.387 e. The Labute approximate surface area is 140 Å². The molecule has 0 heterocycles. The predicted octanol–water partition coefficient (Wildman–Crippen LogP) is 4.71. The van der Waals surface area contributed by atoms with Gasteiger partial charge in [-0.2, -0.15) is 8.78 Å². The molecule has 1 unspecified atom stereocenters. The first-order valence-corrected chi connectivity index (χ1v) is 7.16. The molecule has 0 bridgehead atoms. The lowest BCUT2D eigenvalue weighted by atomic mass is 10.1. The minimum absolute atomic E-state index is 0.0607. The number of hydrogen-bond donors (Lipinski definition) is 1. The molecule has 8 heteroatoms. The Morgan fingerprint density at radius 1 is 1.17 bits per heavy atom. The van der Waals surface area contributed by atoms with Gasteiger partial charge in [-0.05, 0) is 36.8 Å². The van der Waals surface area contributed by atoms with Crippen LogP contribution in [0.2, 0.25) is 5.02 Å². The highest BCUT2D eigenvalue weighted by atomic mass is 35.5. The van der Waals surface area contributed by atoms with Gasteiger partial charge in [-0.3, -0.25) is 4.79 Å². The monoisotopic (exact) mass is 361 g/mol. The van der Waals surface area contributed by atoms with E-state index in [9.17, 15) is 22.4 Å². The van der Waals surface area contributed by atoms with Crippen LogP contribution in [0.1, 0.15) is 28.9 Å². The van der Waals surface area contributed by atoms with E-state index < -0.39 is 30.2 Å². The molecule has 0 saturated heterocycles. The fourth-order valence-electron chi connectivity index (χ4n) is 2.01. The fourth-order valence-corrected chi connectivity index (χ4v) is 2.25. The number of hydrogen-bond acceptors (Lipinski definition) is 2. The van der Waals surface area contributed by atoms with Crippen LogP contribution in [-0.2, 0) is 0 Å². The summed E-state index contributed by atoms with van der Waals surface area (Å²) < 4.78 is 55.0. The van der Waals surface area contributed by atoms with Gasteiger partial charge >= 0.3 is 6.61 Å². The summed E-state index contributed by atoms with van der Waals surface area (Å²) in [7, 11) is 0. The second kappa shape index (κ2) is 7.53. The Bertz CT molecular complexity index is 755. The second-order valence-electron chi connectivity index (χ2n) is 4.89. The number of halogens is 5. The van der Waals surface area contributed by atoms with Crippen molar-refractivity contribution in [2.75, 3.05) is 0 Å². The zero-order chi connectivity index (χ0) is 17.9. The molecule has 0 aliphatic heterocycles. The molecule has 0 radical (unpaired) electrons. The Morgan fingerprint density at radius 3 is 2.50 bits per heavy atom. The largest absolute Gasteiger partial charge is 0.435 e. The molecule has 3 nitrogen and oxygen atoms in total. The summed E-state index contributed by atoms with van der Waals surface area (Å²) in [6.07, 6.45) is 0. The number of benzene rings is 2. The summed E-state index contributed by atoms with van der Waals surface area (Å²) >= 11 is 5.74. The third-order valence-electron chi connectivity index (χ3n) is 3.19. The molecule has 0 fully saturated rings. The van der Waals surface area contributed by atoms with E-state index in [1.807, 2.05) is 0 Å². The first-order chi connectivity index (χ1) is 11.3. The Kier molecular flexibility index (Phi) is 5.66. The zero-order valence-electron chi connectivity index (χ0n) is 12.3. The smallest absolute Gasteiger partial charge is 0.387 e. The van der Waals surface area contributed by atoms with Crippen molar-refractivity contribution in [2.45, 2.75) is 19.6 Å². The number of amides is 1. The SMILES string of the molecule is CC(NC(=O)c1cc(F)c(F)cc1Cl)c1cccc(OC(F)F)c1. The third kappa shape index (κ3) is 4.38. The minimum atomic E-state index is -2.97. The summed E-state index contributed by atoms with van der Waals surface area (Å²) in [6, 6.07) is 6.54. The van der Waals surface area contributed by atoms with Crippen molar-refractivity contribution in [1.82, 2.24) is 5.32 Å². The number of carbonyl (C=O) groups excluding carboxylic acids is 1. The Morgan fingerprint density at radius 2 is 1.83 bits per heavy atom. The normalized spacial score (nSPS) is 12.1. The van der Waals surface area contributed by atoms with Crippen molar-refractivity contribution in [3.8, 4) is 5.75 Å². The van der Waals surface area contributed by atoms with Crippen LogP contribution in [0.25, 0.3) is 0 Å². The van der Waals surface area contributed by atoms with Gasteiger partial charge in [-0.15, -0.1) is 0 Å². The van der Waals surface area contributed by atoms with Crippen LogP contribution >= 0.6 is 11.6 Å². The van der Waals surface area contributed by atoms with E-state index in [1.54, 1.807) is 13.0 Å². The van der Waals surface area contributed by atoms with E-state index >= 15 is 0 Å². The Balaban J connectivity index is 2.16. The van der Waals surface area contributed by atoms with Crippen LogP contribution < -0.4 is 10.1 Å². The van der Waals surface area contributed by atoms with Crippen LogP contribution in [0.4, 0.5) is 17.6 Å². The minimum Gasteiger partial charge on any atom is -0.435 e. The van der Waals surface area contributed by atoms with Crippen molar-refractivity contribution in [2.24, 2.45) is 0 Å². The molecular formula is C16H12ClF4NO2. The molecule has 0 aliphatic carbocycles. The number of carbonyl (C=O) groups is 1. The maximum atomic E-state index is 13.3. The lowest BCUT2D eigenvalue weighted by Crippen LogP contribution is -2.27. The molecule has 2 rings (SSSR count). The van der Waals surface area contributed by atoms with Crippen molar-refractivity contribution in [3.63, 3.8) is 0 Å². The van der Waals surface area contributed by atoms with Crippen molar-refractivity contribution in [1.29, 1.82) is 0 Å². The highest BCUT2D eigenvalue weighted by Gasteiger charge is 2.18. The first-order valence-electron chi connectivity index (χ1n) is 6.78. The van der Waals surface area contributed by atoms with Crippen LogP contribution in [0.3, 0.4) is 0 Å². The van der Waals surface area contributed by atoms with E-state index in [0.29, 0.717) is 17.7 Å². The molecule has 0 aromatic heterocycles. The van der Waals surface area contributed by atoms with Crippen molar-refractivity contribution in [3.05, 3.63) is 64.2 Å². The molecule has 0 saturated carbocycles. The summed E-state index contributed by atoms with van der Waals surface area (Å²) in [5.74, 6) is -3.16. The molecule has 24 heavy (non-hydrogen) atoms. The van der Waals surface area contributed by atoms with E-state index in [0.717, 1.165) is 0 Å². The molecule has 2 aromatic carbocycles. The van der Waals surface area contributed by atoms with Gasteiger partial charge in [-0.25, -0.2) is 8.78 Å². The molecule has 1 amide bonds. The first kappa shape index (κ1) is 18.1. The van der Waals surface area contributed by atoms with Gasteiger partial charge in [0.05, 0.1) is 16.6 Å². The average molecular weight is 362 g/mol. The number of alkyl halides is 2. The highest BCUT2D eigenvalue weighted by molar-refractivity contribution is 6.33. The summed E-state index contributed by atoms with van der Waals surface area (Å²) in [5.41, 5.74) is 0.252. The van der Waals surface area contributed by atoms with Gasteiger partial charge in [-0.1, -0.05) is 23.7 Å². The molecule has 0 aliphatic rings. The summed E-state index contributed by atoms with van der Waals surface area (Å²) in [4.78, 5) is 12.1. The maximum absolute atomic E-state index is 13.3. The second-order valence-corrected chi connectivity index (χ2v) is 5.30. The van der Waals surface area contributed by atoms with E-state index in [4.69, 9.17) is 11.6 Å². The standard InChI is InChI=1S/C16H12ClF4NO2/c1-8(9-3-2-4-10(5-9)24-16(20)21)22-15(23)11-6-13(18)14(19)7-12(11)17/h2-8,16H,1H3,(H,22,23). The van der Waals surface area contributed by atoms with Crippen LogP contribution in [0, 0.1) is 11.6 Å². The van der Waals surface area contributed by atoms with E-state index in [1.165, 1.54) is 18.2 Å². The van der Waals surface area contributed by atoms with Crippen LogP contribution in [-0.4, -0.2) is 12.5 Å². The fraction of sp³-hybridized carbons (Fsp3) is 0.188. The molecular weight excluding hydrogens is 350 g/mol. The van der Waals surface area contributed by atoms with Crippen LogP contribution in [0.5, 0.6) is 5.75 Å². The summed E-state index contributed by atoms with van der Waals surface area (Å²) in [5, 5.41) is 2.28. The Hall–Kier alpha value is -2.28. The van der Waals surface area contributed by atoms with Gasteiger partial charge in [0.1, 0.15) is 5.75 Å². The highest BCUT2D eigenvalue weighted by Crippen LogP contribution is 2.23. The average Bonchev–Trinajstić information content (AvgIpc) is 2.50. The quantitative estimate of drug-likeness (QED) is 0.618. The van der Waals surface area contributed by atoms with E-state index in [-0.39, 0.29) is 16.3 Å². The predicted molar refractivity (Wildman–Crippen MR) is 80.3 cm³/mol. The topological polar surface area (TPSA) is 38.3 Å². The number of nitrogens with one attached hydrogen (secondary N) is 1. The van der Waals surface area contributed by atoms with Crippen molar-refractivity contribution < 1.29 is 27.1 Å². The summed E-state index contributed by atoms with van der Waals surface area (Å²) in [6.45, 7) is -1.38. The van der Waals surface area contributed by atoms with Gasteiger partial charge < -0.3 is 10.1 Å². The van der Waals surface area contributed by atoms with Crippen molar-refractivity contribution >= 4 is 17.5 Å². The molecule has 2 aromatic rings. The number of ether oxygens (including phenoxy) is 1. The zero-order valence-corrected chi connectivity index (χ0v) is 13.1. The molecule has 1 atom stereocenters. The van der Waals surface area contributed by atoms with Gasteiger partial charge in [0.25, 0.3) is 5.91 Å². The molecule has 128 valence electrons.